The normalized spacial score (nSPS) is 10.7. The summed E-state index contributed by atoms with van der Waals surface area (Å²) >= 11 is 0. The Balaban J connectivity index is 2.64. The number of aryl methyl sites for hydroxylation is 1. The van der Waals surface area contributed by atoms with Crippen LogP contribution in [0.3, 0.4) is 0 Å². The highest BCUT2D eigenvalue weighted by Gasteiger charge is 2.10. The van der Waals surface area contributed by atoms with Gasteiger partial charge in [-0.15, -0.1) is 0 Å². The summed E-state index contributed by atoms with van der Waals surface area (Å²) < 4.78 is 5.59. The number of nitriles is 1. The molecule has 0 aliphatic carbocycles. The number of rotatable bonds is 3. The third-order valence-corrected chi connectivity index (χ3v) is 2.91. The fraction of sp³-hybridized carbons (Fsp3) is 0.333. The maximum absolute atomic E-state index is 12.4. The first-order chi connectivity index (χ1) is 9.02. The van der Waals surface area contributed by atoms with Crippen molar-refractivity contribution in [3.05, 3.63) is 39.7 Å². The van der Waals surface area contributed by atoms with Gasteiger partial charge in [-0.2, -0.15) is 5.26 Å². The number of hydrogen-bond acceptors (Lipinski definition) is 3. The summed E-state index contributed by atoms with van der Waals surface area (Å²) in [6, 6.07) is 7.42. The first kappa shape index (κ1) is 13.2. The highest BCUT2D eigenvalue weighted by Crippen LogP contribution is 2.19. The summed E-state index contributed by atoms with van der Waals surface area (Å²) in [6.45, 7) is 5.68. The molecule has 19 heavy (non-hydrogen) atoms. The third kappa shape index (κ3) is 2.60. The Morgan fingerprint density at radius 3 is 2.79 bits per heavy atom. The van der Waals surface area contributed by atoms with Crippen molar-refractivity contribution in [1.29, 1.82) is 5.26 Å². The molecule has 98 valence electrons. The van der Waals surface area contributed by atoms with Gasteiger partial charge in [0.25, 0.3) is 0 Å². The van der Waals surface area contributed by atoms with Gasteiger partial charge in [0.1, 0.15) is 5.75 Å². The Labute approximate surface area is 111 Å². The first-order valence-corrected chi connectivity index (χ1v) is 6.22. The molecule has 1 N–H and O–H groups in total. The molecule has 0 atom stereocenters. The number of aromatic nitrogens is 1. The highest BCUT2D eigenvalue weighted by molar-refractivity contribution is 5.81. The van der Waals surface area contributed by atoms with Gasteiger partial charge in [-0.3, -0.25) is 4.79 Å². The van der Waals surface area contributed by atoms with E-state index >= 15 is 0 Å². The van der Waals surface area contributed by atoms with Gasteiger partial charge in [0.05, 0.1) is 18.6 Å². The second-order valence-corrected chi connectivity index (χ2v) is 4.77. The molecule has 2 aromatic rings. The van der Waals surface area contributed by atoms with E-state index in [0.29, 0.717) is 16.7 Å². The molecule has 1 aromatic heterocycles. The molecule has 0 saturated carbocycles. The Morgan fingerprint density at radius 1 is 1.42 bits per heavy atom. The predicted molar refractivity (Wildman–Crippen MR) is 74.4 cm³/mol. The highest BCUT2D eigenvalue weighted by atomic mass is 16.5. The molecule has 0 fully saturated rings. The van der Waals surface area contributed by atoms with Crippen LogP contribution in [0.1, 0.15) is 25.1 Å². The molecule has 0 spiro atoms. The lowest BCUT2D eigenvalue weighted by molar-refractivity contribution is 0.243. The van der Waals surface area contributed by atoms with Crippen LogP contribution < -0.4 is 10.2 Å². The number of ether oxygens (including phenoxy) is 1. The van der Waals surface area contributed by atoms with Gasteiger partial charge >= 0.3 is 0 Å². The Kier molecular flexibility index (Phi) is 3.57. The van der Waals surface area contributed by atoms with Crippen LogP contribution in [-0.2, 0) is 6.42 Å². The quantitative estimate of drug-likeness (QED) is 0.918. The molecule has 0 amide bonds. The van der Waals surface area contributed by atoms with E-state index in [1.165, 1.54) is 0 Å². The molecule has 4 nitrogen and oxygen atoms in total. The monoisotopic (exact) mass is 256 g/mol. The molecule has 0 aliphatic heterocycles. The number of nitrogens with one attached hydrogen (secondary N) is 1. The molecule has 1 heterocycles. The maximum atomic E-state index is 12.4. The smallest absolute Gasteiger partial charge is 0.194 e. The minimum Gasteiger partial charge on any atom is -0.491 e. The van der Waals surface area contributed by atoms with Crippen molar-refractivity contribution in [3.8, 4) is 11.8 Å². The fourth-order valence-corrected chi connectivity index (χ4v) is 2.07. The van der Waals surface area contributed by atoms with Gasteiger partial charge in [0.2, 0.25) is 0 Å². The summed E-state index contributed by atoms with van der Waals surface area (Å²) in [4.78, 5) is 15.5. The number of hydrogen-bond donors (Lipinski definition) is 1. The molecule has 0 unspecified atom stereocenters. The third-order valence-electron chi connectivity index (χ3n) is 2.91. The fourth-order valence-electron chi connectivity index (χ4n) is 2.07. The van der Waals surface area contributed by atoms with Crippen LogP contribution in [0.15, 0.2) is 23.0 Å². The molecule has 4 heteroatoms. The second-order valence-electron chi connectivity index (χ2n) is 4.77. The Morgan fingerprint density at radius 2 is 2.16 bits per heavy atom. The summed E-state index contributed by atoms with van der Waals surface area (Å²) in [7, 11) is 0. The zero-order valence-corrected chi connectivity index (χ0v) is 11.3. The van der Waals surface area contributed by atoms with Crippen LogP contribution in [-0.4, -0.2) is 11.1 Å². The molecule has 0 saturated heterocycles. The molecule has 0 radical (unpaired) electrons. The minimum atomic E-state index is -0.0954. The minimum absolute atomic E-state index is 0.0561. The molecule has 1 aromatic carbocycles. The van der Waals surface area contributed by atoms with Crippen LogP contribution in [0, 0.1) is 18.3 Å². The van der Waals surface area contributed by atoms with Crippen LogP contribution in [0.25, 0.3) is 10.9 Å². The van der Waals surface area contributed by atoms with Gasteiger partial charge < -0.3 is 9.72 Å². The van der Waals surface area contributed by atoms with E-state index in [9.17, 15) is 4.79 Å². The van der Waals surface area contributed by atoms with E-state index in [4.69, 9.17) is 10.00 Å². The van der Waals surface area contributed by atoms with Crippen LogP contribution in [0.2, 0.25) is 0 Å². The number of fused-ring (bicyclic) bond motifs is 1. The van der Waals surface area contributed by atoms with E-state index in [1.807, 2.05) is 39.0 Å². The summed E-state index contributed by atoms with van der Waals surface area (Å²) in [5.41, 5.74) is 1.94. The van der Waals surface area contributed by atoms with E-state index in [1.54, 1.807) is 6.07 Å². The van der Waals surface area contributed by atoms with Crippen molar-refractivity contribution in [2.45, 2.75) is 33.3 Å². The zero-order valence-electron chi connectivity index (χ0n) is 11.3. The van der Waals surface area contributed by atoms with E-state index in [0.717, 1.165) is 11.2 Å². The molecule has 2 rings (SSSR count). The van der Waals surface area contributed by atoms with Crippen LogP contribution in [0.4, 0.5) is 0 Å². The van der Waals surface area contributed by atoms with Crippen molar-refractivity contribution in [1.82, 2.24) is 4.98 Å². The number of H-pyrrole nitrogens is 1. The lowest BCUT2D eigenvalue weighted by Gasteiger charge is -2.11. The molecular formula is C15H16N2O2. The second kappa shape index (κ2) is 5.15. The lowest BCUT2D eigenvalue weighted by atomic mass is 10.1. The summed E-state index contributed by atoms with van der Waals surface area (Å²) in [6.07, 6.45) is 0.174. The van der Waals surface area contributed by atoms with Gasteiger partial charge in [0.15, 0.2) is 5.43 Å². The zero-order chi connectivity index (χ0) is 14.0. The maximum Gasteiger partial charge on any atom is 0.194 e. The average molecular weight is 256 g/mol. The number of pyridine rings is 1. The van der Waals surface area contributed by atoms with Crippen LogP contribution in [0.5, 0.6) is 5.75 Å². The lowest BCUT2D eigenvalue weighted by Crippen LogP contribution is -2.13. The van der Waals surface area contributed by atoms with Gasteiger partial charge in [-0.1, -0.05) is 0 Å². The first-order valence-electron chi connectivity index (χ1n) is 6.22. The molecule has 0 bridgehead atoms. The van der Waals surface area contributed by atoms with Crippen molar-refractivity contribution in [2.24, 2.45) is 0 Å². The molecule has 0 aliphatic rings. The predicted octanol–water partition coefficient (Wildman–Crippen LogP) is 2.69. The number of benzene rings is 1. The topological polar surface area (TPSA) is 65.9 Å². The number of aromatic amines is 1. The van der Waals surface area contributed by atoms with Crippen molar-refractivity contribution in [2.75, 3.05) is 0 Å². The Bertz CT molecular complexity index is 708. The van der Waals surface area contributed by atoms with Crippen molar-refractivity contribution < 1.29 is 4.74 Å². The van der Waals surface area contributed by atoms with Crippen molar-refractivity contribution >= 4 is 10.9 Å². The van der Waals surface area contributed by atoms with E-state index < -0.39 is 0 Å². The van der Waals surface area contributed by atoms with Crippen molar-refractivity contribution in [3.63, 3.8) is 0 Å². The van der Waals surface area contributed by atoms with E-state index in [-0.39, 0.29) is 18.0 Å². The summed E-state index contributed by atoms with van der Waals surface area (Å²) in [5.74, 6) is 0.666. The average Bonchev–Trinajstić information content (AvgIpc) is 2.35. The van der Waals surface area contributed by atoms with Gasteiger partial charge in [-0.05, 0) is 39.0 Å². The summed E-state index contributed by atoms with van der Waals surface area (Å²) in [5, 5.41) is 9.35. The van der Waals surface area contributed by atoms with Gasteiger partial charge in [-0.25, -0.2) is 0 Å². The standard InChI is InChI=1S/C15H16N2O2/c1-9(2)19-11-4-5-14-13(8-11)15(18)12(6-7-16)10(3)17-14/h4-5,8-9H,6H2,1-3H3,(H,17,18). The van der Waals surface area contributed by atoms with Gasteiger partial charge in [0, 0.05) is 22.2 Å². The van der Waals surface area contributed by atoms with Crippen LogP contribution >= 0.6 is 0 Å². The molecular weight excluding hydrogens is 240 g/mol. The largest absolute Gasteiger partial charge is 0.491 e. The Hall–Kier alpha value is -2.28. The van der Waals surface area contributed by atoms with E-state index in [2.05, 4.69) is 4.98 Å². The SMILES string of the molecule is Cc1[nH]c2ccc(OC(C)C)cc2c(=O)c1CC#N. The number of nitrogens with zero attached hydrogens (tertiary/aromatic N) is 1.